The van der Waals surface area contributed by atoms with Gasteiger partial charge >= 0.3 is 0 Å². The number of nitrogens with zero attached hydrogens (tertiary/aromatic N) is 1. The summed E-state index contributed by atoms with van der Waals surface area (Å²) >= 11 is 47.4. The molecule has 0 N–H and O–H groups in total. The van der Waals surface area contributed by atoms with E-state index in [-0.39, 0.29) is 0 Å². The maximum absolute atomic E-state index is 7.17. The largest absolute Gasteiger partial charge is 0.439 e. The van der Waals surface area contributed by atoms with Crippen LogP contribution in [0.3, 0.4) is 0 Å². The highest BCUT2D eigenvalue weighted by atomic mass is 35.5. The molecule has 9 heteroatoms. The topological polar surface area (TPSA) is 18.1 Å². The molecule has 0 aliphatic heterocycles. The van der Waals surface area contributed by atoms with E-state index in [0.717, 1.165) is 43.9 Å². The molecule has 0 amide bonds. The Labute approximate surface area is 282 Å². The summed E-state index contributed by atoms with van der Waals surface area (Å²) in [6.07, 6.45) is 0. The number of halogens is 7. The molecule has 0 fully saturated rings. The standard InChI is InChI=1S/C34H18Cl7NO/c1-16-10-18(35)13-22(37)29(16)30(32-23(38)14-19(36)15-24(32)39)17-11-25(40)33(26(41)12-17)42-27-8-4-2-6-20(27)31-21-7-3-5-9-28(21)43-34(31)42/h2-15,30H,1H3. The Morgan fingerprint density at radius 2 is 1.16 bits per heavy atom. The quantitative estimate of drug-likeness (QED) is 0.167. The summed E-state index contributed by atoms with van der Waals surface area (Å²) in [7, 11) is 0. The van der Waals surface area contributed by atoms with Crippen LogP contribution in [0.25, 0.3) is 38.7 Å². The average molecular weight is 705 g/mol. The Morgan fingerprint density at radius 1 is 0.605 bits per heavy atom. The number of para-hydroxylation sites is 2. The van der Waals surface area contributed by atoms with E-state index in [2.05, 4.69) is 6.07 Å². The molecule has 7 aromatic rings. The molecule has 0 aliphatic rings. The van der Waals surface area contributed by atoms with Crippen molar-refractivity contribution in [2.45, 2.75) is 12.8 Å². The van der Waals surface area contributed by atoms with Gasteiger partial charge in [-0.1, -0.05) is 118 Å². The summed E-state index contributed by atoms with van der Waals surface area (Å²) in [6.45, 7) is 1.93. The summed E-state index contributed by atoms with van der Waals surface area (Å²) < 4.78 is 8.37. The maximum Gasteiger partial charge on any atom is 0.213 e. The zero-order valence-electron chi connectivity index (χ0n) is 22.2. The molecule has 2 aromatic heterocycles. The van der Waals surface area contributed by atoms with Crippen LogP contribution in [0.4, 0.5) is 0 Å². The van der Waals surface area contributed by atoms with Crippen molar-refractivity contribution < 1.29 is 4.42 Å². The Hall–Kier alpha value is -2.53. The zero-order chi connectivity index (χ0) is 30.2. The van der Waals surface area contributed by atoms with E-state index in [1.165, 1.54) is 0 Å². The molecular weight excluding hydrogens is 687 g/mol. The monoisotopic (exact) mass is 701 g/mol. The van der Waals surface area contributed by atoms with Gasteiger partial charge in [-0.2, -0.15) is 0 Å². The molecule has 7 rings (SSSR count). The van der Waals surface area contributed by atoms with Crippen LogP contribution in [-0.4, -0.2) is 4.57 Å². The van der Waals surface area contributed by atoms with Crippen molar-refractivity contribution >= 4 is 114 Å². The Morgan fingerprint density at radius 3 is 1.81 bits per heavy atom. The minimum atomic E-state index is -0.543. The maximum atomic E-state index is 7.17. The van der Waals surface area contributed by atoms with Gasteiger partial charge in [0.25, 0.3) is 0 Å². The second-order valence-electron chi connectivity index (χ2n) is 10.3. The van der Waals surface area contributed by atoms with E-state index >= 15 is 0 Å². The van der Waals surface area contributed by atoms with Crippen LogP contribution in [0, 0.1) is 6.92 Å². The van der Waals surface area contributed by atoms with Crippen molar-refractivity contribution in [3.63, 3.8) is 0 Å². The summed E-state index contributed by atoms with van der Waals surface area (Å²) in [4.78, 5) is 0. The number of fused-ring (bicyclic) bond motifs is 5. The summed E-state index contributed by atoms with van der Waals surface area (Å²) in [5, 5.41) is 5.97. The fourth-order valence-corrected chi connectivity index (χ4v) is 8.43. The normalized spacial score (nSPS) is 12.6. The third-order valence-electron chi connectivity index (χ3n) is 7.71. The summed E-state index contributed by atoms with van der Waals surface area (Å²) in [6, 6.07) is 26.6. The van der Waals surface area contributed by atoms with Crippen LogP contribution in [0.1, 0.15) is 28.2 Å². The third kappa shape index (κ3) is 4.80. The van der Waals surface area contributed by atoms with Crippen LogP contribution < -0.4 is 0 Å². The van der Waals surface area contributed by atoms with Crippen molar-refractivity contribution in [1.29, 1.82) is 0 Å². The molecule has 1 atom stereocenters. The molecule has 5 aromatic carbocycles. The molecule has 0 saturated carbocycles. The molecule has 2 nitrogen and oxygen atoms in total. The van der Waals surface area contributed by atoms with E-state index in [0.29, 0.717) is 52.1 Å². The molecule has 214 valence electrons. The number of aromatic nitrogens is 1. The first-order valence-corrected chi connectivity index (χ1v) is 15.8. The lowest BCUT2D eigenvalue weighted by Gasteiger charge is -2.25. The molecule has 0 saturated heterocycles. The second-order valence-corrected chi connectivity index (χ2v) is 13.2. The first-order chi connectivity index (χ1) is 20.6. The fourth-order valence-electron chi connectivity index (χ4n) is 6.01. The fraction of sp³-hybridized carbons (Fsp3) is 0.0588. The van der Waals surface area contributed by atoms with Gasteiger partial charge in [-0.3, -0.25) is 4.57 Å². The molecule has 1 unspecified atom stereocenters. The number of benzene rings is 5. The lowest BCUT2D eigenvalue weighted by Crippen LogP contribution is -2.09. The van der Waals surface area contributed by atoms with Crippen molar-refractivity contribution in [2.75, 3.05) is 0 Å². The summed E-state index contributed by atoms with van der Waals surface area (Å²) in [5.41, 5.74) is 5.88. The number of furan rings is 1. The van der Waals surface area contributed by atoms with Gasteiger partial charge < -0.3 is 4.42 Å². The smallest absolute Gasteiger partial charge is 0.213 e. The minimum absolute atomic E-state index is 0.379. The highest BCUT2D eigenvalue weighted by molar-refractivity contribution is 6.40. The highest BCUT2D eigenvalue weighted by Gasteiger charge is 2.29. The molecule has 2 heterocycles. The van der Waals surface area contributed by atoms with Gasteiger partial charge in [0, 0.05) is 47.4 Å². The predicted molar refractivity (Wildman–Crippen MR) is 184 cm³/mol. The van der Waals surface area contributed by atoms with Crippen LogP contribution >= 0.6 is 81.2 Å². The molecular formula is C34H18Cl7NO. The van der Waals surface area contributed by atoms with Gasteiger partial charge in [0.1, 0.15) is 5.58 Å². The second kappa shape index (κ2) is 11.1. The van der Waals surface area contributed by atoms with Gasteiger partial charge in [-0.15, -0.1) is 0 Å². The van der Waals surface area contributed by atoms with Crippen molar-refractivity contribution in [3.8, 4) is 5.69 Å². The first-order valence-electron chi connectivity index (χ1n) is 13.1. The average Bonchev–Trinajstić information content (AvgIpc) is 3.46. The number of rotatable bonds is 4. The third-order valence-corrected chi connectivity index (χ3v) is 9.66. The van der Waals surface area contributed by atoms with Crippen molar-refractivity contribution in [2.24, 2.45) is 0 Å². The molecule has 0 aliphatic carbocycles. The Balaban J connectivity index is 1.52. The van der Waals surface area contributed by atoms with Crippen LogP contribution in [0.2, 0.25) is 35.2 Å². The van der Waals surface area contributed by atoms with E-state index in [1.807, 2.05) is 72.2 Å². The first kappa shape index (κ1) is 29.2. The van der Waals surface area contributed by atoms with Crippen molar-refractivity contribution in [3.05, 3.63) is 142 Å². The molecule has 0 bridgehead atoms. The number of aryl methyl sites for hydroxylation is 1. The molecule has 0 spiro atoms. The van der Waals surface area contributed by atoms with Gasteiger partial charge in [-0.05, 0) is 72.1 Å². The van der Waals surface area contributed by atoms with Crippen molar-refractivity contribution in [1.82, 2.24) is 4.57 Å². The van der Waals surface area contributed by atoms with E-state index in [9.17, 15) is 0 Å². The number of hydrogen-bond donors (Lipinski definition) is 0. The van der Waals surface area contributed by atoms with E-state index in [4.69, 9.17) is 85.6 Å². The van der Waals surface area contributed by atoms with Gasteiger partial charge in [0.05, 0.1) is 26.6 Å². The number of hydrogen-bond acceptors (Lipinski definition) is 1. The molecule has 43 heavy (non-hydrogen) atoms. The van der Waals surface area contributed by atoms with Crippen LogP contribution in [0.15, 0.2) is 89.3 Å². The summed E-state index contributed by atoms with van der Waals surface area (Å²) in [5.74, 6) is -0.543. The van der Waals surface area contributed by atoms with Gasteiger partial charge in [0.15, 0.2) is 0 Å². The van der Waals surface area contributed by atoms with E-state index < -0.39 is 5.92 Å². The van der Waals surface area contributed by atoms with Crippen LogP contribution in [-0.2, 0) is 0 Å². The SMILES string of the molecule is Cc1cc(Cl)cc(Cl)c1C(c1cc(Cl)c(-n2c3ccccc3c3c4ccccc4oc32)c(Cl)c1)c1c(Cl)cc(Cl)cc1Cl. The van der Waals surface area contributed by atoms with E-state index in [1.54, 1.807) is 18.2 Å². The lowest BCUT2D eigenvalue weighted by atomic mass is 9.82. The van der Waals surface area contributed by atoms with Crippen LogP contribution in [0.5, 0.6) is 0 Å². The highest BCUT2D eigenvalue weighted by Crippen LogP contribution is 2.48. The van der Waals surface area contributed by atoms with Gasteiger partial charge in [-0.25, -0.2) is 0 Å². The predicted octanol–water partition coefficient (Wildman–Crippen LogP) is 13.6. The lowest BCUT2D eigenvalue weighted by molar-refractivity contribution is 0.645. The Bertz CT molecular complexity index is 2120. The molecule has 0 radical (unpaired) electrons. The zero-order valence-corrected chi connectivity index (χ0v) is 27.5. The Kier molecular flexibility index (Phi) is 7.55. The van der Waals surface area contributed by atoms with Gasteiger partial charge in [0.2, 0.25) is 5.71 Å². The minimum Gasteiger partial charge on any atom is -0.439 e.